The molecule has 5 heteroatoms. The molecule has 0 saturated carbocycles. The minimum absolute atomic E-state index is 0.104. The van der Waals surface area contributed by atoms with Crippen LogP contribution in [-0.4, -0.2) is 42.9 Å². The summed E-state index contributed by atoms with van der Waals surface area (Å²) < 4.78 is 10.9. The third-order valence-electron chi connectivity index (χ3n) is 2.77. The van der Waals surface area contributed by atoms with Crippen LogP contribution in [0.2, 0.25) is 0 Å². The van der Waals surface area contributed by atoms with Crippen molar-refractivity contribution in [3.8, 4) is 0 Å². The van der Waals surface area contributed by atoms with Crippen molar-refractivity contribution in [3.05, 3.63) is 12.7 Å². The molecular formula is C12H21N3O2. The fourth-order valence-corrected chi connectivity index (χ4v) is 1.91. The van der Waals surface area contributed by atoms with Crippen LogP contribution in [0, 0.1) is 0 Å². The lowest BCUT2D eigenvalue weighted by atomic mass is 10.1. The molecular weight excluding hydrogens is 218 g/mol. The molecule has 96 valence electrons. The summed E-state index contributed by atoms with van der Waals surface area (Å²) in [6, 6.07) is 0.313. The van der Waals surface area contributed by atoms with Gasteiger partial charge in [0.25, 0.3) is 0 Å². The summed E-state index contributed by atoms with van der Waals surface area (Å²) in [4.78, 5) is 6.45. The zero-order valence-corrected chi connectivity index (χ0v) is 10.8. The summed E-state index contributed by atoms with van der Waals surface area (Å²) in [6.07, 6.45) is 3.16. The highest BCUT2D eigenvalue weighted by Gasteiger charge is 2.25. The summed E-state index contributed by atoms with van der Waals surface area (Å²) in [7, 11) is 0. The fraction of sp³-hybridized carbons (Fsp3) is 0.750. The van der Waals surface area contributed by atoms with Crippen LogP contribution in [0.15, 0.2) is 17.1 Å². The van der Waals surface area contributed by atoms with E-state index in [1.54, 1.807) is 6.26 Å². The van der Waals surface area contributed by atoms with Gasteiger partial charge < -0.3 is 19.4 Å². The minimum Gasteiger partial charge on any atom is -0.449 e. The molecule has 1 aromatic heterocycles. The third-order valence-corrected chi connectivity index (χ3v) is 2.77. The maximum Gasteiger partial charge on any atom is 0.182 e. The van der Waals surface area contributed by atoms with Crippen molar-refractivity contribution in [2.75, 3.05) is 31.1 Å². The molecule has 0 aliphatic carbocycles. The van der Waals surface area contributed by atoms with Crippen LogP contribution < -0.4 is 10.2 Å². The van der Waals surface area contributed by atoms with Gasteiger partial charge >= 0.3 is 0 Å². The van der Waals surface area contributed by atoms with Gasteiger partial charge in [-0.3, -0.25) is 0 Å². The number of nitrogens with zero attached hydrogens (tertiary/aromatic N) is 2. The Hall–Kier alpha value is -1.07. The maximum absolute atomic E-state index is 5.86. The monoisotopic (exact) mass is 239 g/mol. The normalized spacial score (nSPS) is 21.8. The zero-order valence-electron chi connectivity index (χ0n) is 10.8. The molecule has 0 amide bonds. The first-order chi connectivity index (χ1) is 8.06. The molecule has 2 rings (SSSR count). The second-order valence-corrected chi connectivity index (χ2v) is 5.32. The van der Waals surface area contributed by atoms with Gasteiger partial charge in [-0.15, -0.1) is 0 Å². The Morgan fingerprint density at radius 1 is 1.59 bits per heavy atom. The van der Waals surface area contributed by atoms with E-state index in [1.165, 1.54) is 6.39 Å². The van der Waals surface area contributed by atoms with E-state index in [0.29, 0.717) is 12.6 Å². The molecule has 5 nitrogen and oxygen atoms in total. The van der Waals surface area contributed by atoms with Crippen molar-refractivity contribution in [2.45, 2.75) is 32.4 Å². The van der Waals surface area contributed by atoms with Crippen molar-refractivity contribution in [3.63, 3.8) is 0 Å². The minimum atomic E-state index is -0.104. The van der Waals surface area contributed by atoms with Gasteiger partial charge in [-0.2, -0.15) is 4.98 Å². The van der Waals surface area contributed by atoms with Crippen molar-refractivity contribution < 1.29 is 9.15 Å². The van der Waals surface area contributed by atoms with Crippen molar-refractivity contribution in [1.82, 2.24) is 10.3 Å². The van der Waals surface area contributed by atoms with Crippen LogP contribution in [-0.2, 0) is 4.74 Å². The Balaban J connectivity index is 1.98. The standard InChI is InChI=1S/C12H21N3O2/c1-12(2,3)17-7-10-6-13-4-5-15(10)11-8-16-9-14-11/h8-10,13H,4-7H2,1-3H3. The summed E-state index contributed by atoms with van der Waals surface area (Å²) in [5.74, 6) is 0.897. The second-order valence-electron chi connectivity index (χ2n) is 5.32. The average Bonchev–Trinajstić information content (AvgIpc) is 2.79. The van der Waals surface area contributed by atoms with E-state index in [1.807, 2.05) is 0 Å². The lowest BCUT2D eigenvalue weighted by Gasteiger charge is -2.37. The summed E-state index contributed by atoms with van der Waals surface area (Å²) >= 11 is 0. The largest absolute Gasteiger partial charge is 0.449 e. The van der Waals surface area contributed by atoms with E-state index in [0.717, 1.165) is 25.5 Å². The van der Waals surface area contributed by atoms with Crippen molar-refractivity contribution in [1.29, 1.82) is 0 Å². The molecule has 1 N–H and O–H groups in total. The number of aromatic nitrogens is 1. The van der Waals surface area contributed by atoms with Gasteiger partial charge in [-0.1, -0.05) is 0 Å². The molecule has 17 heavy (non-hydrogen) atoms. The number of piperazine rings is 1. The van der Waals surface area contributed by atoms with Gasteiger partial charge in [-0.25, -0.2) is 0 Å². The van der Waals surface area contributed by atoms with Crippen LogP contribution >= 0.6 is 0 Å². The highest BCUT2D eigenvalue weighted by atomic mass is 16.5. The number of ether oxygens (including phenoxy) is 1. The summed E-state index contributed by atoms with van der Waals surface area (Å²) in [6.45, 7) is 9.74. The lowest BCUT2D eigenvalue weighted by Crippen LogP contribution is -2.54. The smallest absolute Gasteiger partial charge is 0.182 e. The van der Waals surface area contributed by atoms with E-state index in [4.69, 9.17) is 9.15 Å². The Bertz CT molecular complexity index is 332. The van der Waals surface area contributed by atoms with E-state index in [2.05, 4.69) is 36.0 Å². The molecule has 1 atom stereocenters. The first kappa shape index (κ1) is 12.4. The number of hydrogen-bond donors (Lipinski definition) is 1. The van der Waals surface area contributed by atoms with Crippen molar-refractivity contribution >= 4 is 5.82 Å². The topological polar surface area (TPSA) is 50.5 Å². The Morgan fingerprint density at radius 2 is 2.41 bits per heavy atom. The van der Waals surface area contributed by atoms with Gasteiger partial charge in [0.15, 0.2) is 12.2 Å². The Labute approximate surface area is 102 Å². The number of nitrogens with one attached hydrogen (secondary N) is 1. The van der Waals surface area contributed by atoms with Crippen molar-refractivity contribution in [2.24, 2.45) is 0 Å². The van der Waals surface area contributed by atoms with Gasteiger partial charge in [0.1, 0.15) is 6.26 Å². The molecule has 1 aliphatic rings. The first-order valence-corrected chi connectivity index (χ1v) is 6.06. The highest BCUT2D eigenvalue weighted by Crippen LogP contribution is 2.17. The van der Waals surface area contributed by atoms with Crippen LogP contribution in [0.25, 0.3) is 0 Å². The van der Waals surface area contributed by atoms with E-state index < -0.39 is 0 Å². The van der Waals surface area contributed by atoms with Gasteiger partial charge in [-0.05, 0) is 20.8 Å². The van der Waals surface area contributed by atoms with Crippen LogP contribution in [0.5, 0.6) is 0 Å². The number of hydrogen-bond acceptors (Lipinski definition) is 5. The van der Waals surface area contributed by atoms with E-state index in [-0.39, 0.29) is 5.60 Å². The predicted octanol–water partition coefficient (Wildman–Crippen LogP) is 1.27. The second kappa shape index (κ2) is 5.06. The Kier molecular flexibility index (Phi) is 3.69. The Morgan fingerprint density at radius 3 is 3.06 bits per heavy atom. The molecule has 0 spiro atoms. The quantitative estimate of drug-likeness (QED) is 0.860. The van der Waals surface area contributed by atoms with Gasteiger partial charge in [0.2, 0.25) is 0 Å². The number of anilines is 1. The number of rotatable bonds is 3. The maximum atomic E-state index is 5.86. The van der Waals surface area contributed by atoms with E-state index >= 15 is 0 Å². The molecule has 1 aliphatic heterocycles. The molecule has 1 saturated heterocycles. The summed E-state index contributed by atoms with van der Waals surface area (Å²) in [5.41, 5.74) is -0.104. The fourth-order valence-electron chi connectivity index (χ4n) is 1.91. The van der Waals surface area contributed by atoms with Gasteiger partial charge in [0.05, 0.1) is 18.2 Å². The molecule has 1 aromatic rings. The van der Waals surface area contributed by atoms with Crippen LogP contribution in [0.4, 0.5) is 5.82 Å². The zero-order chi connectivity index (χ0) is 12.3. The molecule has 0 aromatic carbocycles. The highest BCUT2D eigenvalue weighted by molar-refractivity contribution is 5.37. The molecule has 0 bridgehead atoms. The number of oxazole rings is 1. The third kappa shape index (κ3) is 3.44. The SMILES string of the molecule is CC(C)(C)OCC1CNCCN1c1cocn1. The lowest BCUT2D eigenvalue weighted by molar-refractivity contribution is -0.0119. The van der Waals surface area contributed by atoms with E-state index in [9.17, 15) is 0 Å². The first-order valence-electron chi connectivity index (χ1n) is 6.06. The molecule has 0 radical (unpaired) electrons. The average molecular weight is 239 g/mol. The summed E-state index contributed by atoms with van der Waals surface area (Å²) in [5, 5.41) is 3.38. The van der Waals surface area contributed by atoms with Gasteiger partial charge in [0, 0.05) is 19.6 Å². The predicted molar refractivity (Wildman–Crippen MR) is 66.2 cm³/mol. The van der Waals surface area contributed by atoms with Crippen LogP contribution in [0.3, 0.4) is 0 Å². The molecule has 1 unspecified atom stereocenters. The molecule has 2 heterocycles. The molecule has 1 fully saturated rings. The van der Waals surface area contributed by atoms with Crippen LogP contribution in [0.1, 0.15) is 20.8 Å².